The van der Waals surface area contributed by atoms with Gasteiger partial charge in [0.15, 0.2) is 0 Å². The lowest BCUT2D eigenvalue weighted by Gasteiger charge is -2.09. The van der Waals surface area contributed by atoms with Gasteiger partial charge in [0.25, 0.3) is 5.91 Å². The van der Waals surface area contributed by atoms with Crippen molar-refractivity contribution in [2.75, 3.05) is 5.32 Å². The largest absolute Gasteiger partial charge is 0.322 e. The number of aryl methyl sites for hydroxylation is 1. The number of aromatic nitrogens is 4. The highest BCUT2D eigenvalue weighted by atomic mass is 16.1. The van der Waals surface area contributed by atoms with Crippen LogP contribution >= 0.6 is 0 Å². The Hall–Kier alpha value is -3.67. The van der Waals surface area contributed by atoms with Crippen molar-refractivity contribution >= 4 is 11.6 Å². The van der Waals surface area contributed by atoms with Gasteiger partial charge in [-0.3, -0.25) is 9.48 Å². The molecule has 0 spiro atoms. The molecule has 0 atom stereocenters. The van der Waals surface area contributed by atoms with Crippen LogP contribution < -0.4 is 5.32 Å². The number of rotatable bonds is 4. The number of carbonyl (C=O) groups is 1. The van der Waals surface area contributed by atoms with Crippen LogP contribution in [0, 0.1) is 0 Å². The average molecular weight is 343 g/mol. The molecule has 0 unspecified atom stereocenters. The van der Waals surface area contributed by atoms with Crippen molar-refractivity contribution in [1.29, 1.82) is 0 Å². The van der Waals surface area contributed by atoms with E-state index in [0.717, 1.165) is 16.9 Å². The SMILES string of the molecule is Cn1ncc(C(=O)Nc2cccc(-n3ccnc3)c2)c1-c1ccccc1. The number of hydrogen-bond acceptors (Lipinski definition) is 3. The third-order valence-corrected chi connectivity index (χ3v) is 4.14. The maximum absolute atomic E-state index is 12.8. The van der Waals surface area contributed by atoms with Crippen LogP contribution in [0.1, 0.15) is 10.4 Å². The molecule has 2 aromatic carbocycles. The molecule has 26 heavy (non-hydrogen) atoms. The van der Waals surface area contributed by atoms with Crippen LogP contribution in [0.15, 0.2) is 79.5 Å². The summed E-state index contributed by atoms with van der Waals surface area (Å²) < 4.78 is 3.60. The number of nitrogens with one attached hydrogen (secondary N) is 1. The van der Waals surface area contributed by atoms with Crippen molar-refractivity contribution in [2.24, 2.45) is 7.05 Å². The third-order valence-electron chi connectivity index (χ3n) is 4.14. The van der Waals surface area contributed by atoms with E-state index in [9.17, 15) is 4.79 Å². The van der Waals surface area contributed by atoms with Crippen molar-refractivity contribution in [3.8, 4) is 16.9 Å². The van der Waals surface area contributed by atoms with Crippen molar-refractivity contribution in [2.45, 2.75) is 0 Å². The van der Waals surface area contributed by atoms with E-state index in [0.29, 0.717) is 11.3 Å². The molecule has 4 aromatic rings. The molecule has 128 valence electrons. The minimum atomic E-state index is -0.195. The summed E-state index contributed by atoms with van der Waals surface area (Å²) in [6.07, 6.45) is 6.88. The number of imidazole rings is 1. The van der Waals surface area contributed by atoms with Gasteiger partial charge in [-0.15, -0.1) is 0 Å². The van der Waals surface area contributed by atoms with E-state index >= 15 is 0 Å². The Morgan fingerprint density at radius 2 is 1.92 bits per heavy atom. The lowest BCUT2D eigenvalue weighted by molar-refractivity contribution is 0.102. The molecule has 2 aromatic heterocycles. The highest BCUT2D eigenvalue weighted by Gasteiger charge is 2.17. The van der Waals surface area contributed by atoms with Crippen LogP contribution in [-0.4, -0.2) is 25.2 Å². The van der Waals surface area contributed by atoms with E-state index in [-0.39, 0.29) is 5.91 Å². The zero-order valence-electron chi connectivity index (χ0n) is 14.2. The first kappa shape index (κ1) is 15.8. The van der Waals surface area contributed by atoms with E-state index in [4.69, 9.17) is 0 Å². The molecule has 0 aliphatic heterocycles. The highest BCUT2D eigenvalue weighted by Crippen LogP contribution is 2.24. The Labute approximate surface area is 150 Å². The van der Waals surface area contributed by atoms with Gasteiger partial charge < -0.3 is 9.88 Å². The lowest BCUT2D eigenvalue weighted by Crippen LogP contribution is -2.13. The molecule has 1 amide bonds. The fourth-order valence-corrected chi connectivity index (χ4v) is 2.90. The molecular formula is C20H17N5O. The van der Waals surface area contributed by atoms with Gasteiger partial charge >= 0.3 is 0 Å². The van der Waals surface area contributed by atoms with Crippen molar-refractivity contribution < 1.29 is 4.79 Å². The molecule has 0 aliphatic carbocycles. The number of benzene rings is 2. The monoisotopic (exact) mass is 343 g/mol. The summed E-state index contributed by atoms with van der Waals surface area (Å²) >= 11 is 0. The maximum atomic E-state index is 12.8. The summed E-state index contributed by atoms with van der Waals surface area (Å²) in [6, 6.07) is 17.4. The van der Waals surface area contributed by atoms with Gasteiger partial charge in [0, 0.05) is 36.4 Å². The summed E-state index contributed by atoms with van der Waals surface area (Å²) in [7, 11) is 1.83. The molecule has 0 fully saturated rings. The van der Waals surface area contributed by atoms with Crippen molar-refractivity contribution in [3.63, 3.8) is 0 Å². The standard InChI is InChI=1S/C20H17N5O/c1-24-19(15-6-3-2-4-7-15)18(13-22-24)20(26)23-16-8-5-9-17(12-16)25-11-10-21-14-25/h2-14H,1H3,(H,23,26). The van der Waals surface area contributed by atoms with E-state index in [1.165, 1.54) is 0 Å². The van der Waals surface area contributed by atoms with Gasteiger partial charge in [0.05, 0.1) is 23.8 Å². The number of nitrogens with zero attached hydrogens (tertiary/aromatic N) is 4. The summed E-state index contributed by atoms with van der Waals surface area (Å²) in [4.78, 5) is 16.9. The molecule has 0 saturated heterocycles. The molecule has 1 N–H and O–H groups in total. The predicted octanol–water partition coefficient (Wildman–Crippen LogP) is 3.53. The van der Waals surface area contributed by atoms with Gasteiger partial charge in [-0.2, -0.15) is 5.10 Å². The molecule has 0 aliphatic rings. The minimum Gasteiger partial charge on any atom is -0.322 e. The smallest absolute Gasteiger partial charge is 0.259 e. The number of carbonyl (C=O) groups excluding carboxylic acids is 1. The van der Waals surface area contributed by atoms with E-state index in [1.54, 1.807) is 23.4 Å². The molecule has 0 saturated carbocycles. The lowest BCUT2D eigenvalue weighted by atomic mass is 10.1. The molecule has 0 radical (unpaired) electrons. The molecule has 6 nitrogen and oxygen atoms in total. The number of amides is 1. The first-order valence-electron chi connectivity index (χ1n) is 8.19. The molecule has 6 heteroatoms. The van der Waals surface area contributed by atoms with Gasteiger partial charge in [0.1, 0.15) is 0 Å². The Balaban J connectivity index is 1.63. The van der Waals surface area contributed by atoms with Crippen LogP contribution in [0.5, 0.6) is 0 Å². The normalized spacial score (nSPS) is 10.7. The Morgan fingerprint density at radius 3 is 2.69 bits per heavy atom. The first-order chi connectivity index (χ1) is 12.7. The topological polar surface area (TPSA) is 64.7 Å². The van der Waals surface area contributed by atoms with Crippen LogP contribution in [0.25, 0.3) is 16.9 Å². The first-order valence-corrected chi connectivity index (χ1v) is 8.19. The maximum Gasteiger partial charge on any atom is 0.259 e. The minimum absolute atomic E-state index is 0.195. The third kappa shape index (κ3) is 3.00. The Morgan fingerprint density at radius 1 is 1.08 bits per heavy atom. The molecule has 4 rings (SSSR count). The zero-order valence-corrected chi connectivity index (χ0v) is 14.2. The van der Waals surface area contributed by atoms with Gasteiger partial charge in [0.2, 0.25) is 0 Å². The van der Waals surface area contributed by atoms with E-state index in [1.807, 2.05) is 72.4 Å². The highest BCUT2D eigenvalue weighted by molar-refractivity contribution is 6.08. The summed E-state index contributed by atoms with van der Waals surface area (Å²) in [5.41, 5.74) is 3.91. The zero-order chi connectivity index (χ0) is 17.9. The van der Waals surface area contributed by atoms with Crippen LogP contribution in [0.3, 0.4) is 0 Å². The van der Waals surface area contributed by atoms with Crippen LogP contribution in [0.4, 0.5) is 5.69 Å². The second kappa shape index (κ2) is 6.68. The average Bonchev–Trinajstić information content (AvgIpc) is 3.32. The Kier molecular flexibility index (Phi) is 4.07. The van der Waals surface area contributed by atoms with Crippen LogP contribution in [-0.2, 0) is 7.05 Å². The Bertz CT molecular complexity index is 1040. The van der Waals surface area contributed by atoms with Crippen molar-refractivity contribution in [3.05, 3.63) is 85.1 Å². The number of hydrogen-bond donors (Lipinski definition) is 1. The summed E-state index contributed by atoms with van der Waals surface area (Å²) in [5.74, 6) is -0.195. The van der Waals surface area contributed by atoms with E-state index < -0.39 is 0 Å². The molecule has 2 heterocycles. The van der Waals surface area contributed by atoms with E-state index in [2.05, 4.69) is 15.4 Å². The van der Waals surface area contributed by atoms with Crippen LogP contribution in [0.2, 0.25) is 0 Å². The molecule has 0 bridgehead atoms. The fourth-order valence-electron chi connectivity index (χ4n) is 2.90. The summed E-state index contributed by atoms with van der Waals surface area (Å²) in [5, 5.41) is 7.22. The second-order valence-corrected chi connectivity index (χ2v) is 5.87. The summed E-state index contributed by atoms with van der Waals surface area (Å²) in [6.45, 7) is 0. The van der Waals surface area contributed by atoms with Crippen molar-refractivity contribution in [1.82, 2.24) is 19.3 Å². The number of anilines is 1. The van der Waals surface area contributed by atoms with Gasteiger partial charge in [-0.1, -0.05) is 36.4 Å². The second-order valence-electron chi connectivity index (χ2n) is 5.87. The van der Waals surface area contributed by atoms with Gasteiger partial charge in [-0.05, 0) is 18.2 Å². The van der Waals surface area contributed by atoms with Gasteiger partial charge in [-0.25, -0.2) is 4.98 Å². The predicted molar refractivity (Wildman–Crippen MR) is 100 cm³/mol. The molecular weight excluding hydrogens is 326 g/mol. The fraction of sp³-hybridized carbons (Fsp3) is 0.0500. The quantitative estimate of drug-likeness (QED) is 0.616.